The Labute approximate surface area is 243 Å². The maximum atomic E-state index is 6.57. The van der Waals surface area contributed by atoms with Crippen LogP contribution in [0.15, 0.2) is 67.0 Å². The molecule has 2 aromatic carbocycles. The number of hydrogen-bond donors (Lipinski definition) is 1. The van der Waals surface area contributed by atoms with Gasteiger partial charge in [0.05, 0.1) is 0 Å². The van der Waals surface area contributed by atoms with E-state index in [1.807, 2.05) is 36.5 Å². The molecule has 0 unspecified atom stereocenters. The summed E-state index contributed by atoms with van der Waals surface area (Å²) in [5, 5.41) is 2.08. The van der Waals surface area contributed by atoms with Gasteiger partial charge in [-0.3, -0.25) is 0 Å². The summed E-state index contributed by atoms with van der Waals surface area (Å²) in [5.74, 6) is 0.788. The summed E-state index contributed by atoms with van der Waals surface area (Å²) in [6.07, 6.45) is 7.91. The molecule has 5 nitrogen and oxygen atoms in total. The minimum absolute atomic E-state index is 0. The van der Waals surface area contributed by atoms with Crippen molar-refractivity contribution in [2.45, 2.75) is 32.2 Å². The van der Waals surface area contributed by atoms with Gasteiger partial charge in [0.25, 0.3) is 0 Å². The van der Waals surface area contributed by atoms with E-state index in [9.17, 15) is 0 Å². The zero-order valence-electron chi connectivity index (χ0n) is 21.2. The largest absolute Gasteiger partial charge is 0.398 e. The van der Waals surface area contributed by atoms with E-state index >= 15 is 0 Å². The second-order valence-electron chi connectivity index (χ2n) is 10.5. The van der Waals surface area contributed by atoms with Crippen molar-refractivity contribution in [1.82, 2.24) is 19.4 Å². The van der Waals surface area contributed by atoms with Crippen LogP contribution < -0.4 is 5.73 Å². The van der Waals surface area contributed by atoms with Crippen molar-refractivity contribution >= 4 is 27.6 Å². The average molecular weight is 562 g/mol. The van der Waals surface area contributed by atoms with Gasteiger partial charge in [0.1, 0.15) is 5.65 Å². The summed E-state index contributed by atoms with van der Waals surface area (Å²) < 4.78 is 2.39. The fourth-order valence-corrected chi connectivity index (χ4v) is 6.00. The maximum absolute atomic E-state index is 6.57. The molecule has 2 N–H and O–H groups in total. The molecule has 0 atom stereocenters. The van der Waals surface area contributed by atoms with Gasteiger partial charge < -0.3 is 20.2 Å². The Bertz CT molecular complexity index is 1580. The Morgan fingerprint density at radius 3 is 2.59 bits per heavy atom. The van der Waals surface area contributed by atoms with Crippen LogP contribution in [0.1, 0.15) is 30.9 Å². The predicted molar refractivity (Wildman–Crippen MR) is 147 cm³/mol. The van der Waals surface area contributed by atoms with Gasteiger partial charge in [-0.15, -0.1) is 23.6 Å². The minimum Gasteiger partial charge on any atom is -0.398 e. The molecule has 1 saturated carbocycles. The number of aromatic nitrogens is 3. The SMILES string of the molecule is Cc1c(-c2cn(C3CC(CN4CCC4)C3)c3nccc(N)c23)ccc2[c-]cc(-c3ccccc3)nc12.[Y]. The predicted octanol–water partition coefficient (Wildman–Crippen LogP) is 6.26. The third kappa shape index (κ3) is 4.31. The van der Waals surface area contributed by atoms with E-state index in [2.05, 4.69) is 52.9 Å². The van der Waals surface area contributed by atoms with Crippen molar-refractivity contribution in [1.29, 1.82) is 0 Å². The van der Waals surface area contributed by atoms with Crippen LogP contribution in [0.5, 0.6) is 0 Å². The first kappa shape index (κ1) is 24.7. The Kier molecular flexibility index (Phi) is 6.64. The first-order valence-corrected chi connectivity index (χ1v) is 13.0. The summed E-state index contributed by atoms with van der Waals surface area (Å²) >= 11 is 0. The zero-order chi connectivity index (χ0) is 24.2. The number of hydrogen-bond acceptors (Lipinski definition) is 4. The second-order valence-corrected chi connectivity index (χ2v) is 10.5. The normalized spacial score (nSPS) is 19.4. The number of rotatable bonds is 5. The average Bonchev–Trinajstić information content (AvgIpc) is 3.23. The number of pyridine rings is 2. The Morgan fingerprint density at radius 1 is 1.03 bits per heavy atom. The topological polar surface area (TPSA) is 60.0 Å². The zero-order valence-corrected chi connectivity index (χ0v) is 24.0. The van der Waals surface area contributed by atoms with Crippen LogP contribution in [-0.4, -0.2) is 39.1 Å². The maximum Gasteiger partial charge on any atom is 0.142 e. The summed E-state index contributed by atoms with van der Waals surface area (Å²) in [6.45, 7) is 5.95. The first-order valence-electron chi connectivity index (χ1n) is 13.0. The third-order valence-corrected chi connectivity index (χ3v) is 8.20. The molecule has 4 heterocycles. The van der Waals surface area contributed by atoms with Gasteiger partial charge in [-0.2, -0.15) is 0 Å². The van der Waals surface area contributed by atoms with Crippen molar-refractivity contribution in [2.75, 3.05) is 25.4 Å². The molecule has 0 bridgehead atoms. The summed E-state index contributed by atoms with van der Waals surface area (Å²) in [5.41, 5.74) is 14.8. The molecule has 6 heteroatoms. The van der Waals surface area contributed by atoms with Crippen molar-refractivity contribution < 1.29 is 32.7 Å². The van der Waals surface area contributed by atoms with Gasteiger partial charge in [-0.1, -0.05) is 42.0 Å². The number of fused-ring (bicyclic) bond motifs is 2. The number of likely N-dealkylation sites (tertiary alicyclic amines) is 1. The fraction of sp³-hybridized carbons (Fsp3) is 0.290. The molecule has 1 saturated heterocycles. The molecule has 7 rings (SSSR count). The van der Waals surface area contributed by atoms with Gasteiger partial charge in [-0.05, 0) is 73.6 Å². The van der Waals surface area contributed by atoms with Crippen molar-refractivity contribution in [2.24, 2.45) is 5.92 Å². The fourth-order valence-electron chi connectivity index (χ4n) is 6.00. The number of anilines is 1. The van der Waals surface area contributed by atoms with Gasteiger partial charge in [-0.25, -0.2) is 4.98 Å². The van der Waals surface area contributed by atoms with E-state index in [1.54, 1.807) is 0 Å². The molecule has 37 heavy (non-hydrogen) atoms. The van der Waals surface area contributed by atoms with Gasteiger partial charge in [0, 0.05) is 74.3 Å². The number of nitrogen functional groups attached to an aromatic ring is 1. The Balaban J connectivity index is 0.00000252. The first-order chi connectivity index (χ1) is 17.7. The van der Waals surface area contributed by atoms with Crippen molar-refractivity contribution in [3.63, 3.8) is 0 Å². The van der Waals surface area contributed by atoms with Crippen LogP contribution in [0.4, 0.5) is 5.69 Å². The number of benzene rings is 2. The second kappa shape index (κ2) is 9.94. The van der Waals surface area contributed by atoms with Crippen LogP contribution in [0.2, 0.25) is 0 Å². The third-order valence-electron chi connectivity index (χ3n) is 8.20. The molecule has 183 valence electrons. The molecule has 0 amide bonds. The van der Waals surface area contributed by atoms with E-state index in [4.69, 9.17) is 15.7 Å². The summed E-state index contributed by atoms with van der Waals surface area (Å²) in [7, 11) is 0. The number of nitrogens with two attached hydrogens (primary N) is 1. The molecule has 2 aliphatic rings. The molecule has 5 aromatic rings. The van der Waals surface area contributed by atoms with E-state index in [-0.39, 0.29) is 32.7 Å². The molecular weight excluding hydrogens is 531 g/mol. The summed E-state index contributed by atoms with van der Waals surface area (Å²) in [4.78, 5) is 12.5. The van der Waals surface area contributed by atoms with Gasteiger partial charge >= 0.3 is 0 Å². The minimum atomic E-state index is 0. The molecule has 1 aliphatic heterocycles. The number of nitrogens with zero attached hydrogens (tertiary/aromatic N) is 4. The van der Waals surface area contributed by atoms with Crippen LogP contribution in [0, 0.1) is 18.9 Å². The standard InChI is InChI=1S/C31H30N5.Y/c1-20-25(10-8-23-9-11-28(34-30(20)23)22-6-3-2-4-7-22)26-19-36(31-29(26)27(32)12-13-33-31)24-16-21(17-24)18-35-14-5-15-35;/h2-4,6-8,10-13,19,21,24H,5,14-18H2,1H3,(H2,32,33);/q-1;. The van der Waals surface area contributed by atoms with Crippen LogP contribution in [0.25, 0.3) is 44.3 Å². The number of aryl methyl sites for hydroxylation is 1. The van der Waals surface area contributed by atoms with E-state index < -0.39 is 0 Å². The van der Waals surface area contributed by atoms with E-state index in [1.165, 1.54) is 38.9 Å². The van der Waals surface area contributed by atoms with Gasteiger partial charge in [0.2, 0.25) is 0 Å². The smallest absolute Gasteiger partial charge is 0.142 e. The van der Waals surface area contributed by atoms with Gasteiger partial charge in [0.15, 0.2) is 0 Å². The van der Waals surface area contributed by atoms with Crippen LogP contribution in [0.3, 0.4) is 0 Å². The van der Waals surface area contributed by atoms with Crippen molar-refractivity contribution in [3.8, 4) is 22.4 Å². The molecule has 3 aromatic heterocycles. The molecule has 1 aliphatic carbocycles. The molecule has 2 fully saturated rings. The molecule has 1 radical (unpaired) electrons. The summed E-state index contributed by atoms with van der Waals surface area (Å²) in [6, 6.07) is 22.5. The molecular formula is C31H30N5Y-. The van der Waals surface area contributed by atoms with Crippen molar-refractivity contribution in [3.05, 3.63) is 78.6 Å². The van der Waals surface area contributed by atoms with Crippen LogP contribution >= 0.6 is 0 Å². The van der Waals surface area contributed by atoms with Crippen LogP contribution in [-0.2, 0) is 32.7 Å². The molecule has 0 spiro atoms. The quantitative estimate of drug-likeness (QED) is 0.257. The Hall–Kier alpha value is -2.60. The monoisotopic (exact) mass is 561 g/mol. The van der Waals surface area contributed by atoms with E-state index in [0.717, 1.165) is 61.5 Å². The van der Waals surface area contributed by atoms with E-state index in [0.29, 0.717) is 6.04 Å². The Morgan fingerprint density at radius 2 is 1.84 bits per heavy atom.